The van der Waals surface area contributed by atoms with Gasteiger partial charge >= 0.3 is 18.1 Å². The quantitative estimate of drug-likeness (QED) is 0.142. The third-order valence-electron chi connectivity index (χ3n) is 3.98. The minimum Gasteiger partial charge on any atom is -0.460 e. The van der Waals surface area contributed by atoms with Gasteiger partial charge in [-0.05, 0) is 37.8 Å². The molecule has 0 saturated heterocycles. The molecule has 0 bridgehead atoms. The van der Waals surface area contributed by atoms with Crippen LogP contribution in [0.3, 0.4) is 0 Å². The van der Waals surface area contributed by atoms with Gasteiger partial charge in [0.1, 0.15) is 12.2 Å². The van der Waals surface area contributed by atoms with Crippen LogP contribution in [0.5, 0.6) is 0 Å². The Hall–Kier alpha value is -2.42. The molecular formula is C21H30O8. The zero-order valence-electron chi connectivity index (χ0n) is 17.8. The Kier molecular flexibility index (Phi) is 8.81. The smallest absolute Gasteiger partial charge is 0.460 e. The van der Waals surface area contributed by atoms with E-state index in [2.05, 4.69) is 25.2 Å². The molecule has 1 rings (SSSR count). The lowest BCUT2D eigenvalue weighted by Gasteiger charge is -2.31. The van der Waals surface area contributed by atoms with Crippen molar-refractivity contribution in [3.8, 4) is 0 Å². The molecule has 0 saturated carbocycles. The lowest BCUT2D eigenvalue weighted by molar-refractivity contribution is -0.515. The van der Waals surface area contributed by atoms with E-state index in [4.69, 9.17) is 24.4 Å². The maximum Gasteiger partial charge on any atom is 0.510 e. The first-order valence-corrected chi connectivity index (χ1v) is 9.22. The van der Waals surface area contributed by atoms with E-state index in [1.54, 1.807) is 13.8 Å². The summed E-state index contributed by atoms with van der Waals surface area (Å²) in [7, 11) is 0. The summed E-state index contributed by atoms with van der Waals surface area (Å²) in [6.45, 7) is 13.6. The monoisotopic (exact) mass is 410 g/mol. The molecule has 1 N–H and O–H groups in total. The molecule has 0 aromatic heterocycles. The fourth-order valence-electron chi connectivity index (χ4n) is 2.21. The molecule has 0 aliphatic carbocycles. The van der Waals surface area contributed by atoms with E-state index in [0.29, 0.717) is 5.92 Å². The van der Waals surface area contributed by atoms with Crippen molar-refractivity contribution in [2.75, 3.05) is 13.2 Å². The van der Waals surface area contributed by atoms with Crippen LogP contribution in [0.15, 0.2) is 36.4 Å². The standard InChI is InChI=1S/C21H30O8/c1-14(2)16-8-10-17(11-9-16)20(5,6)28-29-21(7,27-19(23)24)26-13-12-25-18(22)15(3)4/h8-11,14H,3,12-13H2,1-2,4-7H3,(H,23,24). The average Bonchev–Trinajstić information content (AvgIpc) is 2.63. The van der Waals surface area contributed by atoms with Gasteiger partial charge in [0, 0.05) is 12.5 Å². The predicted octanol–water partition coefficient (Wildman–Crippen LogP) is 4.50. The molecule has 0 aliphatic rings. The summed E-state index contributed by atoms with van der Waals surface area (Å²) in [6.07, 6.45) is -1.62. The number of ether oxygens (including phenoxy) is 3. The summed E-state index contributed by atoms with van der Waals surface area (Å²) >= 11 is 0. The fourth-order valence-corrected chi connectivity index (χ4v) is 2.21. The van der Waals surface area contributed by atoms with E-state index in [1.807, 2.05) is 24.3 Å². The highest BCUT2D eigenvalue weighted by molar-refractivity contribution is 5.86. The van der Waals surface area contributed by atoms with Gasteiger partial charge in [0.25, 0.3) is 0 Å². The predicted molar refractivity (Wildman–Crippen MR) is 105 cm³/mol. The van der Waals surface area contributed by atoms with E-state index >= 15 is 0 Å². The second kappa shape index (κ2) is 10.4. The van der Waals surface area contributed by atoms with Crippen molar-refractivity contribution < 1.29 is 38.7 Å². The molecule has 0 spiro atoms. The van der Waals surface area contributed by atoms with E-state index in [0.717, 1.165) is 5.56 Å². The van der Waals surface area contributed by atoms with Crippen LogP contribution in [0.25, 0.3) is 0 Å². The van der Waals surface area contributed by atoms with E-state index < -0.39 is 23.7 Å². The Bertz CT molecular complexity index is 708. The minimum absolute atomic E-state index is 0.145. The van der Waals surface area contributed by atoms with Crippen LogP contribution in [-0.2, 0) is 34.4 Å². The molecule has 0 amide bonds. The second-order valence-electron chi connectivity index (χ2n) is 7.45. The van der Waals surface area contributed by atoms with E-state index in [-0.39, 0.29) is 18.8 Å². The molecule has 8 nitrogen and oxygen atoms in total. The third-order valence-corrected chi connectivity index (χ3v) is 3.98. The van der Waals surface area contributed by atoms with Crippen LogP contribution in [0.1, 0.15) is 58.6 Å². The first-order chi connectivity index (χ1) is 13.4. The molecule has 0 aliphatic heterocycles. The van der Waals surface area contributed by atoms with Crippen molar-refractivity contribution in [3.05, 3.63) is 47.5 Å². The number of benzene rings is 1. The van der Waals surface area contributed by atoms with E-state index in [9.17, 15) is 9.59 Å². The topological polar surface area (TPSA) is 101 Å². The number of carbonyl (C=O) groups is 2. The summed E-state index contributed by atoms with van der Waals surface area (Å²) in [5.41, 5.74) is 1.31. The highest BCUT2D eigenvalue weighted by Crippen LogP contribution is 2.29. The molecule has 8 heteroatoms. The Morgan fingerprint density at radius 3 is 2.14 bits per heavy atom. The van der Waals surface area contributed by atoms with Crippen LogP contribution >= 0.6 is 0 Å². The molecule has 1 aromatic rings. The van der Waals surface area contributed by atoms with Crippen molar-refractivity contribution in [1.82, 2.24) is 0 Å². The van der Waals surface area contributed by atoms with Gasteiger partial charge < -0.3 is 19.3 Å². The molecule has 1 unspecified atom stereocenters. The summed E-state index contributed by atoms with van der Waals surface area (Å²) in [6, 6.07) is 7.80. The van der Waals surface area contributed by atoms with Crippen LogP contribution in [0, 0.1) is 0 Å². The molecular weight excluding hydrogens is 380 g/mol. The normalized spacial score (nSPS) is 13.6. The van der Waals surface area contributed by atoms with Crippen molar-refractivity contribution in [1.29, 1.82) is 0 Å². The second-order valence-corrected chi connectivity index (χ2v) is 7.45. The van der Waals surface area contributed by atoms with Gasteiger partial charge in [0.2, 0.25) is 0 Å². The molecule has 0 heterocycles. The highest BCUT2D eigenvalue weighted by atomic mass is 17.3. The minimum atomic E-state index is -2.06. The molecule has 29 heavy (non-hydrogen) atoms. The molecule has 162 valence electrons. The zero-order valence-corrected chi connectivity index (χ0v) is 17.8. The number of hydrogen-bond acceptors (Lipinski definition) is 7. The number of hydrogen-bond donors (Lipinski definition) is 1. The lowest BCUT2D eigenvalue weighted by atomic mass is 9.94. The first kappa shape index (κ1) is 24.6. The van der Waals surface area contributed by atoms with Gasteiger partial charge in [0.15, 0.2) is 0 Å². The zero-order chi connectivity index (χ0) is 22.2. The maximum atomic E-state index is 11.4. The van der Waals surface area contributed by atoms with Gasteiger partial charge in [-0.15, -0.1) is 0 Å². The average molecular weight is 410 g/mol. The summed E-state index contributed by atoms with van der Waals surface area (Å²) in [4.78, 5) is 33.0. The van der Waals surface area contributed by atoms with Gasteiger partial charge in [-0.25, -0.2) is 14.5 Å². The van der Waals surface area contributed by atoms with Crippen molar-refractivity contribution >= 4 is 12.1 Å². The SMILES string of the molecule is C=C(C)C(=O)OCCOC(C)(OOC(C)(C)c1ccc(C(C)C)cc1)OC(=O)O. The Morgan fingerprint density at radius 2 is 1.66 bits per heavy atom. The Morgan fingerprint density at radius 1 is 1.07 bits per heavy atom. The molecule has 1 atom stereocenters. The summed E-state index contributed by atoms with van der Waals surface area (Å²) in [5.74, 6) is -2.25. The number of rotatable bonds is 11. The van der Waals surface area contributed by atoms with Crippen molar-refractivity contribution in [2.24, 2.45) is 0 Å². The molecule has 0 radical (unpaired) electrons. The lowest BCUT2D eigenvalue weighted by Crippen LogP contribution is -2.41. The van der Waals surface area contributed by atoms with Crippen molar-refractivity contribution in [3.63, 3.8) is 0 Å². The van der Waals surface area contributed by atoms with Crippen LogP contribution < -0.4 is 0 Å². The maximum absolute atomic E-state index is 11.4. The summed E-state index contributed by atoms with van der Waals surface area (Å²) in [5, 5.41) is 8.96. The van der Waals surface area contributed by atoms with E-state index in [1.165, 1.54) is 19.4 Å². The van der Waals surface area contributed by atoms with Gasteiger partial charge in [0.05, 0.1) is 6.61 Å². The number of carboxylic acid groups (broad SMARTS) is 1. The Labute approximate surface area is 171 Å². The van der Waals surface area contributed by atoms with Crippen LogP contribution in [0.2, 0.25) is 0 Å². The molecule has 1 aromatic carbocycles. The van der Waals surface area contributed by atoms with Gasteiger partial charge in [-0.2, -0.15) is 4.89 Å². The highest BCUT2D eigenvalue weighted by Gasteiger charge is 2.36. The first-order valence-electron chi connectivity index (χ1n) is 9.22. The summed E-state index contributed by atoms with van der Waals surface area (Å²) < 4.78 is 14.8. The van der Waals surface area contributed by atoms with Crippen LogP contribution in [0.4, 0.5) is 4.79 Å². The number of esters is 1. The fraction of sp³-hybridized carbons (Fsp3) is 0.524. The number of carbonyl (C=O) groups excluding carboxylic acids is 1. The van der Waals surface area contributed by atoms with Gasteiger partial charge in [-0.1, -0.05) is 44.7 Å². The molecule has 0 fully saturated rings. The Balaban J connectivity index is 2.74. The largest absolute Gasteiger partial charge is 0.510 e. The van der Waals surface area contributed by atoms with Gasteiger partial charge in [-0.3, -0.25) is 0 Å². The van der Waals surface area contributed by atoms with Crippen molar-refractivity contribution in [2.45, 2.75) is 59.0 Å². The third kappa shape index (κ3) is 8.23. The van der Waals surface area contributed by atoms with Crippen LogP contribution in [-0.4, -0.2) is 36.4 Å².